The van der Waals surface area contributed by atoms with Crippen LogP contribution in [0.1, 0.15) is 27.0 Å². The quantitative estimate of drug-likeness (QED) is 0.211. The highest BCUT2D eigenvalue weighted by molar-refractivity contribution is 7.88. The van der Waals surface area contributed by atoms with Gasteiger partial charge in [-0.2, -0.15) is 26.3 Å². The van der Waals surface area contributed by atoms with E-state index in [2.05, 4.69) is 0 Å². The summed E-state index contributed by atoms with van der Waals surface area (Å²) in [6.07, 6.45) is -11.9. The van der Waals surface area contributed by atoms with Crippen molar-refractivity contribution in [3.8, 4) is 0 Å². The highest BCUT2D eigenvalue weighted by Gasteiger charge is 2.48. The molecule has 4 nitrogen and oxygen atoms in total. The molecule has 0 bridgehead atoms. The van der Waals surface area contributed by atoms with Crippen molar-refractivity contribution in [2.24, 2.45) is 0 Å². The minimum Gasteiger partial charge on any atom is -0.460 e. The van der Waals surface area contributed by atoms with Crippen LogP contribution < -0.4 is 5.30 Å². The SMILES string of the molecule is O=C(CP(=O)(C(=O)c1c(C(F)(F)F)cccc1C(F)(F)F)c1ccccc1)OCc1ccccc1. The number of hydrogen-bond donors (Lipinski definition) is 0. The zero-order chi connectivity index (χ0) is 25.9. The summed E-state index contributed by atoms with van der Waals surface area (Å²) in [6.45, 7) is -0.296. The van der Waals surface area contributed by atoms with Crippen molar-refractivity contribution in [3.05, 3.63) is 101 Å². The minimum atomic E-state index is -5.36. The number of halogens is 6. The molecule has 0 saturated heterocycles. The molecule has 0 aromatic heterocycles. The van der Waals surface area contributed by atoms with Crippen LogP contribution in [0, 0.1) is 0 Å². The van der Waals surface area contributed by atoms with E-state index in [1.54, 1.807) is 30.3 Å². The van der Waals surface area contributed by atoms with E-state index in [1.165, 1.54) is 18.2 Å². The first-order valence-corrected chi connectivity index (χ1v) is 11.9. The van der Waals surface area contributed by atoms with Crippen LogP contribution in [0.2, 0.25) is 0 Å². The monoisotopic (exact) mass is 514 g/mol. The first-order chi connectivity index (χ1) is 16.3. The van der Waals surface area contributed by atoms with Crippen LogP contribution in [0.3, 0.4) is 0 Å². The fourth-order valence-electron chi connectivity index (χ4n) is 3.35. The first-order valence-electron chi connectivity index (χ1n) is 10.0. The Balaban J connectivity index is 2.10. The second kappa shape index (κ2) is 10.1. The number of rotatable bonds is 7. The van der Waals surface area contributed by atoms with Crippen molar-refractivity contribution in [2.45, 2.75) is 19.0 Å². The lowest BCUT2D eigenvalue weighted by Crippen LogP contribution is -2.26. The molecule has 0 spiro atoms. The molecule has 3 rings (SSSR count). The van der Waals surface area contributed by atoms with Crippen molar-refractivity contribution >= 4 is 23.9 Å². The zero-order valence-corrected chi connectivity index (χ0v) is 18.7. The van der Waals surface area contributed by atoms with Crippen molar-refractivity contribution < 1.29 is 45.2 Å². The molecular formula is C24H17F6O4P. The smallest absolute Gasteiger partial charge is 0.417 e. The van der Waals surface area contributed by atoms with Gasteiger partial charge in [0, 0.05) is 5.30 Å². The van der Waals surface area contributed by atoms with Crippen molar-refractivity contribution in [2.75, 3.05) is 6.16 Å². The van der Waals surface area contributed by atoms with Crippen LogP contribution in [0.5, 0.6) is 0 Å². The third-order valence-electron chi connectivity index (χ3n) is 4.98. The van der Waals surface area contributed by atoms with E-state index in [0.717, 1.165) is 12.1 Å². The average molecular weight is 514 g/mol. The highest BCUT2D eigenvalue weighted by atomic mass is 31.2. The number of carbonyl (C=O) groups excluding carboxylic acids is 2. The van der Waals surface area contributed by atoms with E-state index in [4.69, 9.17) is 4.74 Å². The van der Waals surface area contributed by atoms with E-state index in [0.29, 0.717) is 23.8 Å². The molecule has 0 saturated carbocycles. The molecule has 1 unspecified atom stereocenters. The molecule has 1 atom stereocenters. The van der Waals surface area contributed by atoms with Crippen molar-refractivity contribution in [1.82, 2.24) is 0 Å². The molecule has 0 radical (unpaired) electrons. The van der Waals surface area contributed by atoms with E-state index in [1.807, 2.05) is 0 Å². The summed E-state index contributed by atoms with van der Waals surface area (Å²) in [5.74, 6) is -1.22. The second-order valence-corrected chi connectivity index (χ2v) is 10.1. The van der Waals surface area contributed by atoms with Gasteiger partial charge < -0.3 is 9.30 Å². The number of alkyl halides is 6. The van der Waals surface area contributed by atoms with Gasteiger partial charge in [-0.1, -0.05) is 66.7 Å². The maximum Gasteiger partial charge on any atom is 0.417 e. The van der Waals surface area contributed by atoms with Gasteiger partial charge in [0.25, 0.3) is 0 Å². The Morgan fingerprint density at radius 3 is 1.69 bits per heavy atom. The first kappa shape index (κ1) is 26.2. The van der Waals surface area contributed by atoms with Crippen molar-refractivity contribution in [1.29, 1.82) is 0 Å². The van der Waals surface area contributed by atoms with Gasteiger partial charge in [-0.05, 0) is 17.7 Å². The predicted octanol–water partition coefficient (Wildman–Crippen LogP) is 6.30. The molecule has 184 valence electrons. The molecule has 3 aromatic rings. The molecule has 3 aromatic carbocycles. The summed E-state index contributed by atoms with van der Waals surface area (Å²) >= 11 is 0. The molecule has 0 fully saturated rings. The summed E-state index contributed by atoms with van der Waals surface area (Å²) in [4.78, 5) is 25.9. The zero-order valence-electron chi connectivity index (χ0n) is 17.8. The Morgan fingerprint density at radius 1 is 0.714 bits per heavy atom. The Kier molecular flexibility index (Phi) is 7.55. The Bertz CT molecular complexity index is 1220. The summed E-state index contributed by atoms with van der Waals surface area (Å²) in [7, 11) is -4.87. The van der Waals surface area contributed by atoms with E-state index in [-0.39, 0.29) is 11.9 Å². The molecule has 0 aliphatic rings. The molecule has 11 heteroatoms. The lowest BCUT2D eigenvalue weighted by molar-refractivity contribution is -0.144. The maximum atomic E-state index is 13.9. The summed E-state index contributed by atoms with van der Waals surface area (Å²) < 4.78 is 101. The van der Waals surface area contributed by atoms with Crippen LogP contribution in [0.25, 0.3) is 0 Å². The molecule has 0 amide bonds. The van der Waals surface area contributed by atoms with Gasteiger partial charge in [-0.3, -0.25) is 9.59 Å². The fourth-order valence-corrected chi connectivity index (χ4v) is 5.62. The summed E-state index contributed by atoms with van der Waals surface area (Å²) in [6, 6.07) is 15.5. The number of benzene rings is 3. The third-order valence-corrected chi connectivity index (χ3v) is 7.70. The number of hydrogen-bond acceptors (Lipinski definition) is 4. The molecule has 35 heavy (non-hydrogen) atoms. The second-order valence-electron chi connectivity index (χ2n) is 7.41. The number of ether oxygens (including phenoxy) is 1. The predicted molar refractivity (Wildman–Crippen MR) is 116 cm³/mol. The van der Waals surface area contributed by atoms with Gasteiger partial charge in [-0.15, -0.1) is 0 Å². The van der Waals surface area contributed by atoms with Crippen molar-refractivity contribution in [3.63, 3.8) is 0 Å². The van der Waals surface area contributed by atoms with Crippen LogP contribution in [0.15, 0.2) is 78.9 Å². The Hall–Kier alpha value is -3.39. The molecule has 0 N–H and O–H groups in total. The van der Waals surface area contributed by atoms with E-state index in [9.17, 15) is 40.5 Å². The van der Waals surface area contributed by atoms with Crippen LogP contribution >= 0.6 is 7.14 Å². The fraction of sp³-hybridized carbons (Fsp3) is 0.167. The highest BCUT2D eigenvalue weighted by Crippen LogP contribution is 2.52. The molecule has 0 heterocycles. The molecular weight excluding hydrogens is 497 g/mol. The van der Waals surface area contributed by atoms with E-state index >= 15 is 0 Å². The number of esters is 1. The Morgan fingerprint density at radius 2 is 1.20 bits per heavy atom. The minimum absolute atomic E-state index is 0.296. The normalized spacial score (nSPS) is 13.7. The van der Waals surface area contributed by atoms with Crippen LogP contribution in [-0.4, -0.2) is 17.7 Å². The number of carbonyl (C=O) groups is 2. The lowest BCUT2D eigenvalue weighted by atomic mass is 10.0. The molecule has 0 aliphatic heterocycles. The van der Waals surface area contributed by atoms with Crippen LogP contribution in [-0.2, 0) is 33.1 Å². The van der Waals surface area contributed by atoms with Gasteiger partial charge >= 0.3 is 18.3 Å². The summed E-state index contributed by atoms with van der Waals surface area (Å²) in [5.41, 5.74) is -6.99. The van der Waals surface area contributed by atoms with Gasteiger partial charge in [-0.25, -0.2) is 0 Å². The average Bonchev–Trinajstić information content (AvgIpc) is 2.82. The maximum absolute atomic E-state index is 13.9. The van der Waals surface area contributed by atoms with Gasteiger partial charge in [0.05, 0.1) is 16.7 Å². The van der Waals surface area contributed by atoms with Crippen LogP contribution in [0.4, 0.5) is 26.3 Å². The standard InChI is InChI=1S/C24H17F6O4P/c25-23(26,27)18-12-7-13-19(24(28,29)30)21(18)22(32)35(33,17-10-5-2-6-11-17)15-20(31)34-14-16-8-3-1-4-9-16/h1-13H,14-15H2. The molecule has 0 aliphatic carbocycles. The third kappa shape index (κ3) is 6.00. The largest absolute Gasteiger partial charge is 0.460 e. The Labute approximate surface area is 195 Å². The lowest BCUT2D eigenvalue weighted by Gasteiger charge is -2.22. The van der Waals surface area contributed by atoms with E-state index < -0.39 is 53.8 Å². The van der Waals surface area contributed by atoms with Gasteiger partial charge in [0.1, 0.15) is 12.8 Å². The van der Waals surface area contributed by atoms with Gasteiger partial charge in [0.15, 0.2) is 7.14 Å². The summed E-state index contributed by atoms with van der Waals surface area (Å²) in [5, 5.41) is -0.369. The van der Waals surface area contributed by atoms with Gasteiger partial charge in [0.2, 0.25) is 5.52 Å². The topological polar surface area (TPSA) is 60.4 Å².